The van der Waals surface area contributed by atoms with Gasteiger partial charge in [0.2, 0.25) is 0 Å². The quantitative estimate of drug-likeness (QED) is 0.511. The number of guanidine groups is 1. The first-order chi connectivity index (χ1) is 14.5. The Balaban J connectivity index is 1.54. The lowest BCUT2D eigenvalue weighted by Gasteiger charge is -2.23. The number of ether oxygens (including phenoxy) is 2. The second-order valence-electron chi connectivity index (χ2n) is 7.53. The number of hydrogen-bond acceptors (Lipinski definition) is 6. The average molecular weight is 432 g/mol. The third-order valence-corrected chi connectivity index (χ3v) is 6.35. The topological polar surface area (TPSA) is 62.2 Å². The van der Waals surface area contributed by atoms with Gasteiger partial charge in [0.25, 0.3) is 0 Å². The van der Waals surface area contributed by atoms with Crippen molar-refractivity contribution in [3.8, 4) is 11.5 Å². The van der Waals surface area contributed by atoms with Gasteiger partial charge in [0.05, 0.1) is 19.9 Å². The second kappa shape index (κ2) is 10.5. The van der Waals surface area contributed by atoms with Gasteiger partial charge in [-0.05, 0) is 43.0 Å². The fraction of sp³-hybridized carbons (Fsp3) is 0.545. The molecule has 2 aromatic rings. The van der Waals surface area contributed by atoms with Crippen molar-refractivity contribution in [2.75, 3.05) is 52.8 Å². The summed E-state index contributed by atoms with van der Waals surface area (Å²) < 4.78 is 10.8. The van der Waals surface area contributed by atoms with Gasteiger partial charge in [0.1, 0.15) is 0 Å². The van der Waals surface area contributed by atoms with Crippen LogP contribution in [0.4, 0.5) is 5.13 Å². The predicted molar refractivity (Wildman–Crippen MR) is 124 cm³/mol. The molecule has 0 atom stereocenters. The molecule has 0 radical (unpaired) electrons. The van der Waals surface area contributed by atoms with Crippen LogP contribution < -0.4 is 19.7 Å². The van der Waals surface area contributed by atoms with Crippen molar-refractivity contribution >= 4 is 22.4 Å². The van der Waals surface area contributed by atoms with E-state index in [4.69, 9.17) is 14.5 Å². The Labute approximate surface area is 183 Å². The number of aryl methyl sites for hydroxylation is 1. The molecule has 1 saturated heterocycles. The summed E-state index contributed by atoms with van der Waals surface area (Å²) in [4.78, 5) is 13.7. The summed E-state index contributed by atoms with van der Waals surface area (Å²) in [5.41, 5.74) is 3.47. The number of nitrogens with zero attached hydrogens (tertiary/aromatic N) is 4. The van der Waals surface area contributed by atoms with Crippen molar-refractivity contribution in [1.29, 1.82) is 0 Å². The van der Waals surface area contributed by atoms with Gasteiger partial charge < -0.3 is 24.6 Å². The molecular weight excluding hydrogens is 398 g/mol. The Hall–Kier alpha value is -2.48. The molecule has 3 rings (SSSR count). The molecule has 1 aliphatic rings. The van der Waals surface area contributed by atoms with Crippen LogP contribution in [0.3, 0.4) is 0 Å². The number of hydrogen-bond donors (Lipinski definition) is 1. The van der Waals surface area contributed by atoms with Crippen LogP contribution in [0.15, 0.2) is 22.5 Å². The summed E-state index contributed by atoms with van der Waals surface area (Å²) in [6, 6.07) is 4.05. The molecule has 7 nitrogen and oxygen atoms in total. The van der Waals surface area contributed by atoms with Crippen LogP contribution in [0.1, 0.15) is 29.7 Å². The van der Waals surface area contributed by atoms with Crippen molar-refractivity contribution < 1.29 is 9.47 Å². The molecule has 0 spiro atoms. The molecule has 0 amide bonds. The van der Waals surface area contributed by atoms with Crippen molar-refractivity contribution in [2.24, 2.45) is 4.99 Å². The lowest BCUT2D eigenvalue weighted by atomic mass is 10.1. The molecule has 1 aliphatic heterocycles. The summed E-state index contributed by atoms with van der Waals surface area (Å²) in [6.07, 6.45) is 3.43. The molecule has 1 fully saturated rings. The minimum absolute atomic E-state index is 0.724. The number of rotatable bonds is 8. The van der Waals surface area contributed by atoms with Crippen molar-refractivity contribution in [3.05, 3.63) is 34.3 Å². The highest BCUT2D eigenvalue weighted by Gasteiger charge is 2.16. The molecular formula is C22H33N5O2S. The summed E-state index contributed by atoms with van der Waals surface area (Å²) in [5, 5.41) is 6.79. The van der Waals surface area contributed by atoms with Gasteiger partial charge in [-0.2, -0.15) is 0 Å². The van der Waals surface area contributed by atoms with Crippen molar-refractivity contribution in [1.82, 2.24) is 15.2 Å². The van der Waals surface area contributed by atoms with E-state index in [0.717, 1.165) is 66.4 Å². The zero-order chi connectivity index (χ0) is 21.5. The van der Waals surface area contributed by atoms with Crippen molar-refractivity contribution in [3.63, 3.8) is 0 Å². The molecule has 1 aromatic carbocycles. The van der Waals surface area contributed by atoms with Crippen LogP contribution in [0.25, 0.3) is 0 Å². The van der Waals surface area contributed by atoms with E-state index in [9.17, 15) is 0 Å². The van der Waals surface area contributed by atoms with Gasteiger partial charge in [-0.3, -0.25) is 4.99 Å². The Bertz CT molecular complexity index is 861. The lowest BCUT2D eigenvalue weighted by molar-refractivity contribution is 0.353. The van der Waals surface area contributed by atoms with Gasteiger partial charge >= 0.3 is 0 Å². The maximum absolute atomic E-state index is 5.45. The number of benzene rings is 1. The van der Waals surface area contributed by atoms with E-state index in [1.807, 2.05) is 26.2 Å². The van der Waals surface area contributed by atoms with E-state index in [0.29, 0.717) is 0 Å². The lowest BCUT2D eigenvalue weighted by Crippen LogP contribution is -2.39. The Morgan fingerprint density at radius 3 is 2.60 bits per heavy atom. The Morgan fingerprint density at radius 1 is 1.23 bits per heavy atom. The number of aromatic nitrogens is 1. The van der Waals surface area contributed by atoms with Crippen LogP contribution in [0, 0.1) is 6.92 Å². The third-order valence-electron chi connectivity index (χ3n) is 5.40. The normalized spacial score (nSPS) is 14.2. The molecule has 1 aromatic heterocycles. The summed E-state index contributed by atoms with van der Waals surface area (Å²) in [5.74, 6) is 2.35. The summed E-state index contributed by atoms with van der Waals surface area (Å²) in [6.45, 7) is 5.88. The minimum atomic E-state index is 0.724. The second-order valence-corrected chi connectivity index (χ2v) is 8.37. The van der Waals surface area contributed by atoms with Crippen LogP contribution >= 0.6 is 11.3 Å². The first kappa shape index (κ1) is 22.2. The monoisotopic (exact) mass is 431 g/mol. The number of nitrogens with one attached hydrogen (secondary N) is 1. The Kier molecular flexibility index (Phi) is 7.79. The first-order valence-electron chi connectivity index (χ1n) is 10.4. The van der Waals surface area contributed by atoms with E-state index in [1.165, 1.54) is 18.4 Å². The highest BCUT2D eigenvalue weighted by molar-refractivity contribution is 7.13. The number of anilines is 1. The average Bonchev–Trinajstić information content (AvgIpc) is 3.44. The summed E-state index contributed by atoms with van der Waals surface area (Å²) in [7, 11) is 7.18. The zero-order valence-corrected chi connectivity index (χ0v) is 19.5. The predicted octanol–water partition coefficient (Wildman–Crippen LogP) is 3.32. The maximum Gasteiger partial charge on any atom is 0.193 e. The van der Waals surface area contributed by atoms with E-state index < -0.39 is 0 Å². The van der Waals surface area contributed by atoms with Gasteiger partial charge in [0.15, 0.2) is 22.6 Å². The van der Waals surface area contributed by atoms with Gasteiger partial charge in [0, 0.05) is 52.1 Å². The van der Waals surface area contributed by atoms with E-state index in [2.05, 4.69) is 32.4 Å². The molecule has 0 saturated carbocycles. The maximum atomic E-state index is 5.45. The Morgan fingerprint density at radius 2 is 1.93 bits per heavy atom. The fourth-order valence-electron chi connectivity index (χ4n) is 3.68. The van der Waals surface area contributed by atoms with Crippen molar-refractivity contribution in [2.45, 2.75) is 32.7 Å². The standard InChI is InChI=1S/C22H33N5O2S/c1-16-12-19(28-4)20(29-5)13-17(16)14-26(3)21(23-2)24-9-8-18-15-30-22(25-18)27-10-6-7-11-27/h12-13,15H,6-11,14H2,1-5H3,(H,23,24). The van der Waals surface area contributed by atoms with Crippen LogP contribution in [0.2, 0.25) is 0 Å². The van der Waals surface area contributed by atoms with Gasteiger partial charge in [-0.25, -0.2) is 4.98 Å². The van der Waals surface area contributed by atoms with Crippen LogP contribution in [-0.2, 0) is 13.0 Å². The highest BCUT2D eigenvalue weighted by atomic mass is 32.1. The molecule has 30 heavy (non-hydrogen) atoms. The highest BCUT2D eigenvalue weighted by Crippen LogP contribution is 2.30. The molecule has 2 heterocycles. The third kappa shape index (κ3) is 5.36. The fourth-order valence-corrected chi connectivity index (χ4v) is 4.59. The van der Waals surface area contributed by atoms with Gasteiger partial charge in [-0.1, -0.05) is 0 Å². The van der Waals surface area contributed by atoms with Gasteiger partial charge in [-0.15, -0.1) is 11.3 Å². The molecule has 0 aliphatic carbocycles. The number of methoxy groups -OCH3 is 2. The minimum Gasteiger partial charge on any atom is -0.493 e. The van der Waals surface area contributed by atoms with Crippen LogP contribution in [-0.4, -0.2) is 63.8 Å². The molecule has 0 unspecified atom stereocenters. The number of thiazole rings is 1. The smallest absolute Gasteiger partial charge is 0.193 e. The van der Waals surface area contributed by atoms with E-state index in [1.54, 1.807) is 25.6 Å². The number of aliphatic imine (C=N–C) groups is 1. The van der Waals surface area contributed by atoms with E-state index >= 15 is 0 Å². The molecule has 1 N–H and O–H groups in total. The zero-order valence-electron chi connectivity index (χ0n) is 18.7. The summed E-state index contributed by atoms with van der Waals surface area (Å²) >= 11 is 1.75. The first-order valence-corrected chi connectivity index (χ1v) is 11.3. The van der Waals surface area contributed by atoms with E-state index in [-0.39, 0.29) is 0 Å². The molecule has 0 bridgehead atoms. The molecule has 8 heteroatoms. The largest absolute Gasteiger partial charge is 0.493 e. The van der Waals surface area contributed by atoms with Crippen LogP contribution in [0.5, 0.6) is 11.5 Å². The SMILES string of the molecule is CN=C(NCCc1csc(N2CCCC2)n1)N(C)Cc1cc(OC)c(OC)cc1C. The molecule has 164 valence electrons.